The molecule has 0 aliphatic rings. The van der Waals surface area contributed by atoms with Crippen LogP contribution in [0.15, 0.2) is 6.07 Å². The van der Waals surface area contributed by atoms with Crippen molar-refractivity contribution in [3.63, 3.8) is 0 Å². The van der Waals surface area contributed by atoms with Crippen molar-refractivity contribution in [3.05, 3.63) is 23.5 Å². The molecule has 134 valence electrons. The van der Waals surface area contributed by atoms with Crippen LogP contribution in [0.5, 0.6) is 0 Å². The maximum absolute atomic E-state index is 13.7. The molecule has 7 nitrogen and oxygen atoms in total. The fourth-order valence-electron chi connectivity index (χ4n) is 1.48. The van der Waals surface area contributed by atoms with Crippen LogP contribution in [-0.2, 0) is 9.57 Å². The highest BCUT2D eigenvalue weighted by atomic mass is 19.2. The second kappa shape index (κ2) is 7.86. The van der Waals surface area contributed by atoms with E-state index < -0.39 is 46.6 Å². The minimum absolute atomic E-state index is 0.138. The van der Waals surface area contributed by atoms with Crippen LogP contribution in [0.4, 0.5) is 34.1 Å². The van der Waals surface area contributed by atoms with E-state index in [1.807, 2.05) is 16.1 Å². The van der Waals surface area contributed by atoms with Crippen LogP contribution in [0.3, 0.4) is 0 Å². The zero-order valence-corrected chi connectivity index (χ0v) is 13.6. The third-order valence-electron chi connectivity index (χ3n) is 2.34. The fraction of sp³-hybridized carbons (Fsp3) is 0.429. The van der Waals surface area contributed by atoms with E-state index in [0.717, 1.165) is 0 Å². The van der Waals surface area contributed by atoms with E-state index in [2.05, 4.69) is 4.84 Å². The van der Waals surface area contributed by atoms with Gasteiger partial charge in [-0.05, 0) is 33.8 Å². The standard InChI is InChI=1S/C14H18F3N3O4/c1-5-23-20-12(21)18-7-6-8(10(16)11(17)9(7)15)19-13(22)24-14(2,3)4/h6H,5H2,1-4H3,(H,19,22)(H2,18,20,21). The number of benzene rings is 1. The predicted octanol–water partition coefficient (Wildman–Crippen LogP) is 3.52. The molecule has 0 fully saturated rings. The molecule has 3 N–H and O–H groups in total. The number of ether oxygens (including phenoxy) is 1. The predicted molar refractivity (Wildman–Crippen MR) is 80.0 cm³/mol. The van der Waals surface area contributed by atoms with Crippen LogP contribution in [0.25, 0.3) is 0 Å². The Kier molecular flexibility index (Phi) is 6.41. The molecule has 0 radical (unpaired) electrons. The van der Waals surface area contributed by atoms with Gasteiger partial charge in [0.15, 0.2) is 17.5 Å². The van der Waals surface area contributed by atoms with Gasteiger partial charge in [-0.2, -0.15) is 0 Å². The summed E-state index contributed by atoms with van der Waals surface area (Å²) in [5.74, 6) is -5.13. The van der Waals surface area contributed by atoms with Gasteiger partial charge in [-0.1, -0.05) is 0 Å². The molecule has 3 amide bonds. The van der Waals surface area contributed by atoms with Gasteiger partial charge >= 0.3 is 12.1 Å². The molecule has 0 aliphatic heterocycles. The third-order valence-corrected chi connectivity index (χ3v) is 2.34. The van der Waals surface area contributed by atoms with Crippen LogP contribution in [0.1, 0.15) is 27.7 Å². The number of halogens is 3. The smallest absolute Gasteiger partial charge is 0.412 e. The molecular formula is C14H18F3N3O4. The SMILES string of the molecule is CCONC(=O)Nc1cc(NC(=O)OC(C)(C)C)c(F)c(F)c1F. The average molecular weight is 349 g/mol. The van der Waals surface area contributed by atoms with Crippen molar-refractivity contribution in [2.24, 2.45) is 0 Å². The molecule has 0 atom stereocenters. The van der Waals surface area contributed by atoms with Gasteiger partial charge in [0.25, 0.3) is 0 Å². The zero-order chi connectivity index (χ0) is 18.5. The largest absolute Gasteiger partial charge is 0.444 e. The number of hydroxylamine groups is 1. The number of hydrogen-bond donors (Lipinski definition) is 3. The first-order valence-corrected chi connectivity index (χ1v) is 6.91. The van der Waals surface area contributed by atoms with Crippen molar-refractivity contribution in [3.8, 4) is 0 Å². The number of amides is 3. The minimum atomic E-state index is -1.87. The Morgan fingerprint density at radius 2 is 1.58 bits per heavy atom. The Bertz CT molecular complexity index is 633. The summed E-state index contributed by atoms with van der Waals surface area (Å²) >= 11 is 0. The summed E-state index contributed by atoms with van der Waals surface area (Å²) in [6.07, 6.45) is -1.07. The van der Waals surface area contributed by atoms with Crippen LogP contribution < -0.4 is 16.1 Å². The lowest BCUT2D eigenvalue weighted by molar-refractivity contribution is 0.0635. The van der Waals surface area contributed by atoms with Crippen molar-refractivity contribution in [1.82, 2.24) is 5.48 Å². The molecule has 0 bridgehead atoms. The number of anilines is 2. The van der Waals surface area contributed by atoms with Gasteiger partial charge in [0.1, 0.15) is 5.60 Å². The van der Waals surface area contributed by atoms with Crippen molar-refractivity contribution in [2.45, 2.75) is 33.3 Å². The number of carbonyl (C=O) groups is 2. The van der Waals surface area contributed by atoms with E-state index in [4.69, 9.17) is 4.74 Å². The second-order valence-corrected chi connectivity index (χ2v) is 5.53. The van der Waals surface area contributed by atoms with Crippen LogP contribution in [-0.4, -0.2) is 24.3 Å². The van der Waals surface area contributed by atoms with E-state index in [9.17, 15) is 22.8 Å². The molecule has 0 spiro atoms. The van der Waals surface area contributed by atoms with Crippen LogP contribution >= 0.6 is 0 Å². The lowest BCUT2D eigenvalue weighted by atomic mass is 10.2. The second-order valence-electron chi connectivity index (χ2n) is 5.53. The molecule has 1 rings (SSSR count). The Labute approximate surface area is 136 Å². The first-order valence-electron chi connectivity index (χ1n) is 6.91. The summed E-state index contributed by atoms with van der Waals surface area (Å²) in [6.45, 7) is 6.43. The molecule has 0 aromatic heterocycles. The van der Waals surface area contributed by atoms with E-state index >= 15 is 0 Å². The van der Waals surface area contributed by atoms with Crippen molar-refractivity contribution < 1.29 is 32.3 Å². The molecule has 0 heterocycles. The first-order chi connectivity index (χ1) is 11.0. The van der Waals surface area contributed by atoms with E-state index in [-0.39, 0.29) is 6.61 Å². The Morgan fingerprint density at radius 1 is 1.04 bits per heavy atom. The number of hydrogen-bond acceptors (Lipinski definition) is 4. The van der Waals surface area contributed by atoms with Gasteiger partial charge in [-0.25, -0.2) is 28.2 Å². The summed E-state index contributed by atoms with van der Waals surface area (Å²) in [6, 6.07) is -0.298. The number of carbonyl (C=O) groups excluding carboxylic acids is 2. The van der Waals surface area contributed by atoms with Crippen molar-refractivity contribution in [2.75, 3.05) is 17.2 Å². The van der Waals surface area contributed by atoms with Crippen LogP contribution in [0.2, 0.25) is 0 Å². The normalized spacial score (nSPS) is 11.0. The fourth-order valence-corrected chi connectivity index (χ4v) is 1.48. The summed E-state index contributed by atoms with van der Waals surface area (Å²) in [7, 11) is 0. The number of urea groups is 1. The molecule has 0 saturated carbocycles. The quantitative estimate of drug-likeness (QED) is 0.573. The summed E-state index contributed by atoms with van der Waals surface area (Å²) in [4.78, 5) is 27.6. The Hall–Kier alpha value is -2.49. The molecule has 1 aromatic rings. The molecule has 24 heavy (non-hydrogen) atoms. The molecule has 10 heteroatoms. The minimum Gasteiger partial charge on any atom is -0.444 e. The Balaban J connectivity index is 3.01. The van der Waals surface area contributed by atoms with Crippen molar-refractivity contribution in [1.29, 1.82) is 0 Å². The highest BCUT2D eigenvalue weighted by Crippen LogP contribution is 2.27. The van der Waals surface area contributed by atoms with Gasteiger partial charge in [0.05, 0.1) is 18.0 Å². The monoisotopic (exact) mass is 349 g/mol. The van der Waals surface area contributed by atoms with Gasteiger partial charge < -0.3 is 10.1 Å². The maximum atomic E-state index is 13.7. The van der Waals surface area contributed by atoms with Crippen LogP contribution in [0, 0.1) is 17.5 Å². The molecule has 0 saturated heterocycles. The maximum Gasteiger partial charge on any atom is 0.412 e. The van der Waals surface area contributed by atoms with E-state index in [1.54, 1.807) is 27.7 Å². The topological polar surface area (TPSA) is 88.7 Å². The van der Waals surface area contributed by atoms with Gasteiger partial charge in [0.2, 0.25) is 0 Å². The van der Waals surface area contributed by atoms with Gasteiger partial charge in [-0.15, -0.1) is 0 Å². The lowest BCUT2D eigenvalue weighted by Gasteiger charge is -2.20. The van der Waals surface area contributed by atoms with Gasteiger partial charge in [-0.3, -0.25) is 10.2 Å². The Morgan fingerprint density at radius 3 is 2.08 bits per heavy atom. The first kappa shape index (κ1) is 19.6. The van der Waals surface area contributed by atoms with Gasteiger partial charge in [0, 0.05) is 0 Å². The zero-order valence-electron chi connectivity index (χ0n) is 13.6. The molecular weight excluding hydrogens is 331 g/mol. The van der Waals surface area contributed by atoms with Crippen molar-refractivity contribution >= 4 is 23.5 Å². The summed E-state index contributed by atoms with van der Waals surface area (Å²) in [5, 5.41) is 3.87. The third kappa shape index (κ3) is 5.61. The average Bonchev–Trinajstić information content (AvgIpc) is 2.45. The number of nitrogens with one attached hydrogen (secondary N) is 3. The summed E-state index contributed by atoms with van der Waals surface area (Å²) < 4.78 is 45.9. The highest BCUT2D eigenvalue weighted by Gasteiger charge is 2.23. The van der Waals surface area contributed by atoms with E-state index in [0.29, 0.717) is 6.07 Å². The number of rotatable bonds is 4. The highest BCUT2D eigenvalue weighted by molar-refractivity contribution is 5.91. The molecule has 1 aromatic carbocycles. The lowest BCUT2D eigenvalue weighted by Crippen LogP contribution is -2.30. The van der Waals surface area contributed by atoms with E-state index in [1.165, 1.54) is 0 Å². The summed E-state index contributed by atoms with van der Waals surface area (Å²) in [5.41, 5.74) is -0.385. The molecule has 0 unspecified atom stereocenters. The molecule has 0 aliphatic carbocycles.